The SMILES string of the molecule is O=C(c1ccc2c(c1)N(Cc1ccc(Cl)cc1)C(=O)c1ccccc1[S@@]2=O)N1CCN(c2ccc([N+](=O)[O-])cc2)CC1. The molecule has 0 radical (unpaired) electrons. The monoisotopic (exact) mass is 600 g/mol. The van der Waals surface area contributed by atoms with Crippen molar-refractivity contribution >= 4 is 51.3 Å². The minimum atomic E-state index is -1.62. The highest BCUT2D eigenvalue weighted by Gasteiger charge is 2.32. The number of piperazine rings is 1. The van der Waals surface area contributed by atoms with Crippen LogP contribution in [0.5, 0.6) is 0 Å². The lowest BCUT2D eigenvalue weighted by Crippen LogP contribution is -2.48. The van der Waals surface area contributed by atoms with Crippen molar-refractivity contribution in [2.45, 2.75) is 16.3 Å². The second-order valence-corrected chi connectivity index (χ2v) is 11.9. The number of fused-ring (bicyclic) bond motifs is 2. The fraction of sp³-hybridized carbons (Fsp3) is 0.161. The molecule has 0 bridgehead atoms. The molecule has 4 aromatic rings. The van der Waals surface area contributed by atoms with Gasteiger partial charge in [0, 0.05) is 54.6 Å². The number of nitrogens with zero attached hydrogens (tertiary/aromatic N) is 4. The summed E-state index contributed by atoms with van der Waals surface area (Å²) < 4.78 is 13.7. The number of hydrogen-bond acceptors (Lipinski definition) is 6. The van der Waals surface area contributed by atoms with E-state index in [1.807, 2.05) is 12.1 Å². The Morgan fingerprint density at radius 1 is 0.881 bits per heavy atom. The van der Waals surface area contributed by atoms with E-state index in [9.17, 15) is 23.9 Å². The van der Waals surface area contributed by atoms with E-state index in [-0.39, 0.29) is 24.0 Å². The van der Waals surface area contributed by atoms with Crippen LogP contribution in [0.4, 0.5) is 17.1 Å². The van der Waals surface area contributed by atoms with Gasteiger partial charge >= 0.3 is 0 Å². The quantitative estimate of drug-likeness (QED) is 0.220. The van der Waals surface area contributed by atoms with Gasteiger partial charge in [-0.1, -0.05) is 35.9 Å². The Balaban J connectivity index is 1.28. The maximum Gasteiger partial charge on any atom is 0.269 e. The third-order valence-corrected chi connectivity index (χ3v) is 9.26. The summed E-state index contributed by atoms with van der Waals surface area (Å²) in [7, 11) is -1.62. The van der Waals surface area contributed by atoms with Gasteiger partial charge in [-0.3, -0.25) is 19.7 Å². The van der Waals surface area contributed by atoms with Crippen LogP contribution in [0, 0.1) is 10.1 Å². The summed E-state index contributed by atoms with van der Waals surface area (Å²) in [6.45, 7) is 2.25. The smallest absolute Gasteiger partial charge is 0.269 e. The normalized spacial score (nSPS) is 16.5. The molecule has 1 atom stereocenters. The minimum Gasteiger partial charge on any atom is -0.368 e. The number of benzene rings is 4. The van der Waals surface area contributed by atoms with Gasteiger partial charge in [-0.05, 0) is 60.2 Å². The molecule has 0 spiro atoms. The van der Waals surface area contributed by atoms with Crippen LogP contribution in [-0.2, 0) is 17.3 Å². The Morgan fingerprint density at radius 2 is 1.57 bits per heavy atom. The lowest BCUT2D eigenvalue weighted by atomic mass is 10.1. The highest BCUT2D eigenvalue weighted by Crippen LogP contribution is 2.36. The summed E-state index contributed by atoms with van der Waals surface area (Å²) in [5.74, 6) is -0.485. The summed E-state index contributed by atoms with van der Waals surface area (Å²) in [6.07, 6.45) is 0. The molecule has 2 amide bonds. The maximum absolute atomic E-state index is 13.9. The molecule has 212 valence electrons. The first-order chi connectivity index (χ1) is 20.3. The van der Waals surface area contributed by atoms with Gasteiger partial charge in [0.25, 0.3) is 17.5 Å². The van der Waals surface area contributed by atoms with E-state index in [1.54, 1.807) is 76.5 Å². The van der Waals surface area contributed by atoms with Crippen molar-refractivity contribution in [1.29, 1.82) is 0 Å². The van der Waals surface area contributed by atoms with E-state index in [2.05, 4.69) is 4.90 Å². The summed E-state index contributed by atoms with van der Waals surface area (Å²) in [6, 6.07) is 25.4. The molecular formula is C31H25ClN4O5S. The molecule has 1 saturated heterocycles. The highest BCUT2D eigenvalue weighted by molar-refractivity contribution is 7.85. The highest BCUT2D eigenvalue weighted by atomic mass is 35.5. The number of carbonyl (C=O) groups excluding carboxylic acids is 2. The largest absolute Gasteiger partial charge is 0.368 e. The van der Waals surface area contributed by atoms with Gasteiger partial charge in [0.05, 0.1) is 43.3 Å². The number of rotatable bonds is 5. The summed E-state index contributed by atoms with van der Waals surface area (Å²) in [5.41, 5.74) is 2.91. The van der Waals surface area contributed by atoms with Gasteiger partial charge in [0.1, 0.15) is 0 Å². The summed E-state index contributed by atoms with van der Waals surface area (Å²) in [5, 5.41) is 11.5. The Morgan fingerprint density at radius 3 is 2.26 bits per heavy atom. The molecule has 2 heterocycles. The van der Waals surface area contributed by atoms with E-state index >= 15 is 0 Å². The molecule has 2 aliphatic heterocycles. The van der Waals surface area contributed by atoms with Crippen LogP contribution in [0.25, 0.3) is 0 Å². The second-order valence-electron chi connectivity index (χ2n) is 10.0. The lowest BCUT2D eigenvalue weighted by molar-refractivity contribution is -0.384. The number of nitro groups is 1. The molecule has 0 N–H and O–H groups in total. The second kappa shape index (κ2) is 11.4. The molecule has 11 heteroatoms. The van der Waals surface area contributed by atoms with Gasteiger partial charge in [-0.25, -0.2) is 4.21 Å². The number of hydrogen-bond donors (Lipinski definition) is 0. The van der Waals surface area contributed by atoms with Crippen molar-refractivity contribution in [3.8, 4) is 0 Å². The third kappa shape index (κ3) is 5.26. The molecule has 2 aliphatic rings. The number of non-ortho nitro benzene ring substituents is 1. The molecule has 0 aliphatic carbocycles. The topological polar surface area (TPSA) is 104 Å². The van der Waals surface area contributed by atoms with Crippen molar-refractivity contribution in [2.24, 2.45) is 0 Å². The average molecular weight is 601 g/mol. The molecule has 1 fully saturated rings. The van der Waals surface area contributed by atoms with E-state index in [0.29, 0.717) is 57.8 Å². The van der Waals surface area contributed by atoms with Crippen LogP contribution >= 0.6 is 11.6 Å². The number of anilines is 2. The fourth-order valence-electron chi connectivity index (χ4n) is 5.26. The van der Waals surface area contributed by atoms with Crippen molar-refractivity contribution in [3.63, 3.8) is 0 Å². The zero-order valence-electron chi connectivity index (χ0n) is 22.3. The first kappa shape index (κ1) is 27.6. The molecule has 9 nitrogen and oxygen atoms in total. The first-order valence-electron chi connectivity index (χ1n) is 13.3. The Kier molecular flexibility index (Phi) is 7.49. The molecule has 0 saturated carbocycles. The number of nitro benzene ring substituents is 1. The summed E-state index contributed by atoms with van der Waals surface area (Å²) >= 11 is 6.08. The van der Waals surface area contributed by atoms with Crippen LogP contribution < -0.4 is 9.80 Å². The fourth-order valence-corrected chi connectivity index (χ4v) is 6.73. The van der Waals surface area contributed by atoms with Gasteiger partial charge < -0.3 is 14.7 Å². The van der Waals surface area contributed by atoms with Crippen LogP contribution in [0.15, 0.2) is 101 Å². The molecular weight excluding hydrogens is 576 g/mol. The average Bonchev–Trinajstić information content (AvgIpc) is 3.11. The Hall–Kier alpha value is -4.54. The first-order valence-corrected chi connectivity index (χ1v) is 14.8. The van der Waals surface area contributed by atoms with Crippen LogP contribution in [-0.4, -0.2) is 52.0 Å². The van der Waals surface area contributed by atoms with E-state index in [0.717, 1.165) is 11.3 Å². The molecule has 6 rings (SSSR count). The van der Waals surface area contributed by atoms with Crippen LogP contribution in [0.2, 0.25) is 5.02 Å². The number of carbonyl (C=O) groups is 2. The predicted molar refractivity (Wildman–Crippen MR) is 161 cm³/mol. The van der Waals surface area contributed by atoms with E-state index in [4.69, 9.17) is 11.6 Å². The molecule has 4 aromatic carbocycles. The zero-order valence-corrected chi connectivity index (χ0v) is 23.9. The van der Waals surface area contributed by atoms with Crippen LogP contribution in [0.3, 0.4) is 0 Å². The van der Waals surface area contributed by atoms with Crippen LogP contribution in [0.1, 0.15) is 26.3 Å². The molecule has 42 heavy (non-hydrogen) atoms. The van der Waals surface area contributed by atoms with Gasteiger partial charge in [0.2, 0.25) is 0 Å². The van der Waals surface area contributed by atoms with Crippen molar-refractivity contribution < 1.29 is 18.7 Å². The Labute approximate surface area is 249 Å². The number of halogens is 1. The predicted octanol–water partition coefficient (Wildman–Crippen LogP) is 5.54. The Bertz CT molecular complexity index is 1720. The van der Waals surface area contributed by atoms with Crippen molar-refractivity contribution in [1.82, 2.24) is 4.90 Å². The van der Waals surface area contributed by atoms with Crippen molar-refractivity contribution in [2.75, 3.05) is 36.0 Å². The standard InChI is InChI=1S/C31H25ClN4O5S/c32-23-8-5-21(6-9-23)20-35-27-19-22(7-14-29(27)42(41)28-4-2-1-3-26(28)31(35)38)30(37)34-17-15-33(16-18-34)24-10-12-25(13-11-24)36(39)40/h1-14,19H,15-18,20H2/t42-/m0/s1. The van der Waals surface area contributed by atoms with Crippen molar-refractivity contribution in [3.05, 3.63) is 123 Å². The molecule has 0 unspecified atom stereocenters. The molecule has 0 aromatic heterocycles. The minimum absolute atomic E-state index is 0.0309. The lowest BCUT2D eigenvalue weighted by Gasteiger charge is -2.36. The number of amides is 2. The van der Waals surface area contributed by atoms with Gasteiger partial charge in [0.15, 0.2) is 0 Å². The van der Waals surface area contributed by atoms with E-state index in [1.165, 1.54) is 12.1 Å². The summed E-state index contributed by atoms with van der Waals surface area (Å²) in [4.78, 5) is 44.3. The van der Waals surface area contributed by atoms with Gasteiger partial charge in [-0.15, -0.1) is 0 Å². The van der Waals surface area contributed by atoms with E-state index < -0.39 is 15.7 Å². The van der Waals surface area contributed by atoms with Gasteiger partial charge in [-0.2, -0.15) is 0 Å². The zero-order chi connectivity index (χ0) is 29.4. The third-order valence-electron chi connectivity index (χ3n) is 7.51. The maximum atomic E-state index is 13.9.